The van der Waals surface area contributed by atoms with Crippen molar-refractivity contribution in [1.82, 2.24) is 14.8 Å². The van der Waals surface area contributed by atoms with E-state index in [2.05, 4.69) is 24.0 Å². The minimum Gasteiger partial charge on any atom is -0.481 e. The third-order valence-electron chi connectivity index (χ3n) is 4.24. The van der Waals surface area contributed by atoms with Gasteiger partial charge in [-0.3, -0.25) is 4.79 Å². The van der Waals surface area contributed by atoms with Crippen LogP contribution in [0.4, 0.5) is 0 Å². The van der Waals surface area contributed by atoms with E-state index in [1.165, 1.54) is 11.8 Å². The van der Waals surface area contributed by atoms with Crippen LogP contribution in [0.25, 0.3) is 0 Å². The molecular formula is C13H21N3O3S. The van der Waals surface area contributed by atoms with Crippen molar-refractivity contribution in [3.8, 4) is 0 Å². The molecule has 2 rings (SSSR count). The Morgan fingerprint density at radius 2 is 2.20 bits per heavy atom. The highest BCUT2D eigenvalue weighted by Crippen LogP contribution is 2.43. The smallest absolute Gasteiger partial charge is 0.313 e. The number of carboxylic acids is 1. The summed E-state index contributed by atoms with van der Waals surface area (Å²) in [5.74, 6) is 0.784. The maximum absolute atomic E-state index is 10.7. The van der Waals surface area contributed by atoms with Crippen LogP contribution in [0.1, 0.15) is 45.0 Å². The number of hydrogen-bond donors (Lipinski definition) is 2. The van der Waals surface area contributed by atoms with Crippen LogP contribution in [0.15, 0.2) is 5.16 Å². The van der Waals surface area contributed by atoms with Crippen molar-refractivity contribution in [1.29, 1.82) is 0 Å². The summed E-state index contributed by atoms with van der Waals surface area (Å²) in [6.07, 6.45) is 3.34. The lowest BCUT2D eigenvalue weighted by molar-refractivity contribution is -0.133. The summed E-state index contributed by atoms with van der Waals surface area (Å²) in [5, 5.41) is 26.9. The van der Waals surface area contributed by atoms with Crippen LogP contribution in [-0.2, 0) is 11.4 Å². The molecule has 1 heterocycles. The SMILES string of the molecule is CCC1CCC(n2c(CO)nnc2SCC(=O)O)C1C. The van der Waals surface area contributed by atoms with Gasteiger partial charge in [0, 0.05) is 6.04 Å². The first-order valence-electron chi connectivity index (χ1n) is 6.97. The molecule has 1 aliphatic rings. The minimum absolute atomic E-state index is 0.0398. The molecule has 0 aromatic carbocycles. The summed E-state index contributed by atoms with van der Waals surface area (Å²) in [5.41, 5.74) is 0. The van der Waals surface area contributed by atoms with Gasteiger partial charge in [-0.15, -0.1) is 10.2 Å². The predicted molar refractivity (Wildman–Crippen MR) is 75.5 cm³/mol. The molecule has 0 saturated heterocycles. The summed E-state index contributed by atoms with van der Waals surface area (Å²) < 4.78 is 1.95. The zero-order chi connectivity index (χ0) is 14.7. The van der Waals surface area contributed by atoms with Crippen molar-refractivity contribution in [2.24, 2.45) is 11.8 Å². The number of aliphatic carboxylic acids is 1. The largest absolute Gasteiger partial charge is 0.481 e. The van der Waals surface area contributed by atoms with Gasteiger partial charge < -0.3 is 14.8 Å². The van der Waals surface area contributed by atoms with Gasteiger partial charge in [0.1, 0.15) is 6.61 Å². The fourth-order valence-electron chi connectivity index (χ4n) is 3.14. The van der Waals surface area contributed by atoms with Gasteiger partial charge in [0.05, 0.1) is 5.75 Å². The first-order chi connectivity index (χ1) is 9.58. The summed E-state index contributed by atoms with van der Waals surface area (Å²) in [7, 11) is 0. The van der Waals surface area contributed by atoms with E-state index in [-0.39, 0.29) is 18.4 Å². The van der Waals surface area contributed by atoms with Gasteiger partial charge in [-0.05, 0) is 24.7 Å². The Labute approximate surface area is 122 Å². The number of nitrogens with zero attached hydrogens (tertiary/aromatic N) is 3. The number of aromatic nitrogens is 3. The van der Waals surface area contributed by atoms with Gasteiger partial charge in [0.25, 0.3) is 0 Å². The normalized spacial score (nSPS) is 26.1. The molecule has 20 heavy (non-hydrogen) atoms. The molecule has 0 radical (unpaired) electrons. The highest BCUT2D eigenvalue weighted by Gasteiger charge is 2.35. The molecule has 1 aromatic rings. The fourth-order valence-corrected chi connectivity index (χ4v) is 3.87. The number of aliphatic hydroxyl groups is 1. The minimum atomic E-state index is -0.874. The lowest BCUT2D eigenvalue weighted by atomic mass is 9.93. The van der Waals surface area contributed by atoms with E-state index < -0.39 is 5.97 Å². The van der Waals surface area contributed by atoms with E-state index in [1.54, 1.807) is 0 Å². The van der Waals surface area contributed by atoms with Crippen molar-refractivity contribution in [3.05, 3.63) is 5.82 Å². The van der Waals surface area contributed by atoms with Crippen LogP contribution in [0.5, 0.6) is 0 Å². The second-order valence-electron chi connectivity index (χ2n) is 5.28. The van der Waals surface area contributed by atoms with Gasteiger partial charge in [0.2, 0.25) is 0 Å². The molecule has 1 aromatic heterocycles. The van der Waals surface area contributed by atoms with E-state index in [0.29, 0.717) is 22.8 Å². The highest BCUT2D eigenvalue weighted by atomic mass is 32.2. The Hall–Kier alpha value is -1.08. The molecule has 1 saturated carbocycles. The van der Waals surface area contributed by atoms with Gasteiger partial charge in [-0.1, -0.05) is 32.0 Å². The van der Waals surface area contributed by atoms with E-state index in [4.69, 9.17) is 5.11 Å². The number of carbonyl (C=O) groups is 1. The Morgan fingerprint density at radius 3 is 2.75 bits per heavy atom. The summed E-state index contributed by atoms with van der Waals surface area (Å²) in [6.45, 7) is 4.25. The monoisotopic (exact) mass is 299 g/mol. The summed E-state index contributed by atoms with van der Waals surface area (Å²) in [6, 6.07) is 0.258. The topological polar surface area (TPSA) is 88.2 Å². The highest BCUT2D eigenvalue weighted by molar-refractivity contribution is 7.99. The number of aliphatic hydroxyl groups excluding tert-OH is 1. The van der Waals surface area contributed by atoms with Crippen molar-refractivity contribution in [2.75, 3.05) is 5.75 Å². The quantitative estimate of drug-likeness (QED) is 0.781. The zero-order valence-electron chi connectivity index (χ0n) is 11.8. The maximum Gasteiger partial charge on any atom is 0.313 e. The molecule has 6 nitrogen and oxygen atoms in total. The first kappa shape index (κ1) is 15.3. The van der Waals surface area contributed by atoms with E-state index in [1.807, 2.05) is 4.57 Å². The molecule has 112 valence electrons. The van der Waals surface area contributed by atoms with Crippen molar-refractivity contribution in [3.63, 3.8) is 0 Å². The molecular weight excluding hydrogens is 278 g/mol. The first-order valence-corrected chi connectivity index (χ1v) is 7.96. The standard InChI is InChI=1S/C13H21N3O3S/c1-3-9-4-5-10(8(9)2)16-11(6-17)14-15-13(16)20-7-12(18)19/h8-10,17H,3-7H2,1-2H3,(H,18,19). The van der Waals surface area contributed by atoms with Crippen LogP contribution in [0.3, 0.4) is 0 Å². The Balaban J connectivity index is 2.24. The van der Waals surface area contributed by atoms with E-state index >= 15 is 0 Å². The van der Waals surface area contributed by atoms with Crippen molar-refractivity contribution >= 4 is 17.7 Å². The van der Waals surface area contributed by atoms with Gasteiger partial charge in [-0.25, -0.2) is 0 Å². The van der Waals surface area contributed by atoms with Crippen LogP contribution in [-0.4, -0.2) is 36.7 Å². The lowest BCUT2D eigenvalue weighted by Gasteiger charge is -2.23. The second-order valence-corrected chi connectivity index (χ2v) is 6.22. The number of hydrogen-bond acceptors (Lipinski definition) is 5. The summed E-state index contributed by atoms with van der Waals surface area (Å²) >= 11 is 1.17. The third-order valence-corrected chi connectivity index (χ3v) is 5.17. The molecule has 1 fully saturated rings. The number of rotatable bonds is 6. The number of thioether (sulfide) groups is 1. The maximum atomic E-state index is 10.7. The average Bonchev–Trinajstić information content (AvgIpc) is 2.98. The molecule has 0 spiro atoms. The zero-order valence-corrected chi connectivity index (χ0v) is 12.6. The van der Waals surface area contributed by atoms with Crippen LogP contribution in [0.2, 0.25) is 0 Å². The molecule has 1 aliphatic carbocycles. The Morgan fingerprint density at radius 1 is 1.45 bits per heavy atom. The van der Waals surface area contributed by atoms with Crippen LogP contribution >= 0.6 is 11.8 Å². The average molecular weight is 299 g/mol. The van der Waals surface area contributed by atoms with E-state index in [9.17, 15) is 9.90 Å². The van der Waals surface area contributed by atoms with Crippen LogP contribution in [0, 0.1) is 11.8 Å². The van der Waals surface area contributed by atoms with Gasteiger partial charge >= 0.3 is 5.97 Å². The summed E-state index contributed by atoms with van der Waals surface area (Å²) in [4.78, 5) is 10.7. The van der Waals surface area contributed by atoms with Crippen molar-refractivity contribution in [2.45, 2.75) is 50.9 Å². The molecule has 3 atom stereocenters. The van der Waals surface area contributed by atoms with Gasteiger partial charge in [0.15, 0.2) is 11.0 Å². The van der Waals surface area contributed by atoms with Crippen LogP contribution < -0.4 is 0 Å². The third kappa shape index (κ3) is 2.98. The Bertz CT molecular complexity index is 477. The Kier molecular flexibility index (Phi) is 5.04. The molecule has 3 unspecified atom stereocenters. The van der Waals surface area contributed by atoms with Crippen molar-refractivity contribution < 1.29 is 15.0 Å². The fraction of sp³-hybridized carbons (Fsp3) is 0.769. The van der Waals surface area contributed by atoms with E-state index in [0.717, 1.165) is 19.3 Å². The second kappa shape index (κ2) is 6.58. The number of carboxylic acid groups (broad SMARTS) is 1. The van der Waals surface area contributed by atoms with Gasteiger partial charge in [-0.2, -0.15) is 0 Å². The molecule has 0 amide bonds. The molecule has 0 bridgehead atoms. The molecule has 7 heteroatoms. The predicted octanol–water partition coefficient (Wildman–Crippen LogP) is 1.94. The lowest BCUT2D eigenvalue weighted by Crippen LogP contribution is -2.19. The molecule has 0 aliphatic heterocycles. The molecule has 2 N–H and O–H groups in total.